The van der Waals surface area contributed by atoms with E-state index in [2.05, 4.69) is 10.2 Å². The average molecular weight is 295 g/mol. The Bertz CT molecular complexity index is 436. The van der Waals surface area contributed by atoms with E-state index in [0.29, 0.717) is 13.1 Å². The van der Waals surface area contributed by atoms with Gasteiger partial charge in [0.1, 0.15) is 5.82 Å². The summed E-state index contributed by atoms with van der Waals surface area (Å²) < 4.78 is 12.8. The van der Waals surface area contributed by atoms with Gasteiger partial charge in [-0.1, -0.05) is 32.4 Å². The molecular formula is C16H26FN3O. The van der Waals surface area contributed by atoms with Gasteiger partial charge in [0.05, 0.1) is 6.04 Å². The molecule has 0 radical (unpaired) electrons. The summed E-state index contributed by atoms with van der Waals surface area (Å²) >= 11 is 0. The van der Waals surface area contributed by atoms with E-state index < -0.39 is 6.04 Å². The van der Waals surface area contributed by atoms with Crippen molar-refractivity contribution < 1.29 is 9.18 Å². The second kappa shape index (κ2) is 8.74. The molecule has 0 aliphatic carbocycles. The Morgan fingerprint density at radius 1 is 1.38 bits per heavy atom. The molecule has 2 atom stereocenters. The number of hydrogen-bond donors (Lipinski definition) is 2. The highest BCUT2D eigenvalue weighted by atomic mass is 19.1. The zero-order valence-corrected chi connectivity index (χ0v) is 13.1. The fourth-order valence-corrected chi connectivity index (χ4v) is 1.98. The Labute approximate surface area is 126 Å². The fourth-order valence-electron chi connectivity index (χ4n) is 1.98. The van der Waals surface area contributed by atoms with Gasteiger partial charge in [0, 0.05) is 19.6 Å². The van der Waals surface area contributed by atoms with Gasteiger partial charge >= 0.3 is 0 Å². The van der Waals surface area contributed by atoms with E-state index in [0.717, 1.165) is 18.5 Å². The molecule has 0 aliphatic heterocycles. The van der Waals surface area contributed by atoms with E-state index in [4.69, 9.17) is 5.73 Å². The van der Waals surface area contributed by atoms with E-state index in [1.807, 2.05) is 20.9 Å². The zero-order valence-electron chi connectivity index (χ0n) is 13.1. The predicted molar refractivity (Wildman–Crippen MR) is 83.2 cm³/mol. The molecule has 21 heavy (non-hydrogen) atoms. The number of hydrogen-bond acceptors (Lipinski definition) is 3. The van der Waals surface area contributed by atoms with Gasteiger partial charge in [0.15, 0.2) is 0 Å². The van der Waals surface area contributed by atoms with Crippen molar-refractivity contribution in [3.05, 3.63) is 35.6 Å². The Balaban J connectivity index is 2.28. The van der Waals surface area contributed by atoms with Gasteiger partial charge in [-0.3, -0.25) is 4.79 Å². The van der Waals surface area contributed by atoms with Gasteiger partial charge in [-0.25, -0.2) is 4.39 Å². The molecule has 1 rings (SSSR count). The van der Waals surface area contributed by atoms with Gasteiger partial charge in [-0.05, 0) is 30.7 Å². The molecule has 5 heteroatoms. The van der Waals surface area contributed by atoms with Gasteiger partial charge < -0.3 is 16.0 Å². The minimum Gasteiger partial charge on any atom is -0.353 e. The third-order valence-corrected chi connectivity index (χ3v) is 3.72. The number of amides is 1. The maximum Gasteiger partial charge on any atom is 0.237 e. The molecule has 1 aromatic rings. The fraction of sp³-hybridized carbons (Fsp3) is 0.562. The predicted octanol–water partition coefficient (Wildman–Crippen LogP) is 1.75. The number of benzene rings is 1. The van der Waals surface area contributed by atoms with Crippen LogP contribution in [0.4, 0.5) is 4.39 Å². The van der Waals surface area contributed by atoms with E-state index in [1.165, 1.54) is 12.1 Å². The maximum absolute atomic E-state index is 12.8. The van der Waals surface area contributed by atoms with E-state index >= 15 is 0 Å². The molecule has 0 heterocycles. The molecule has 0 aliphatic rings. The first-order chi connectivity index (χ1) is 9.93. The minimum atomic E-state index is -0.447. The third kappa shape index (κ3) is 6.23. The number of likely N-dealkylation sites (N-methyl/N-ethyl adjacent to an activating group) is 1. The summed E-state index contributed by atoms with van der Waals surface area (Å²) in [6.07, 6.45) is 0.888. The second-order valence-corrected chi connectivity index (χ2v) is 5.57. The molecule has 0 saturated heterocycles. The second-order valence-electron chi connectivity index (χ2n) is 5.57. The first-order valence-corrected chi connectivity index (χ1v) is 7.40. The largest absolute Gasteiger partial charge is 0.353 e. The maximum atomic E-state index is 12.8. The Morgan fingerprint density at radius 2 is 2.00 bits per heavy atom. The summed E-state index contributed by atoms with van der Waals surface area (Å²) in [6.45, 7) is 5.99. The number of rotatable bonds is 8. The van der Waals surface area contributed by atoms with Crippen LogP contribution in [0, 0.1) is 11.7 Å². The summed E-state index contributed by atoms with van der Waals surface area (Å²) in [4.78, 5) is 13.9. The van der Waals surface area contributed by atoms with Crippen molar-refractivity contribution in [3.8, 4) is 0 Å². The molecule has 1 aromatic carbocycles. The van der Waals surface area contributed by atoms with Crippen molar-refractivity contribution in [1.82, 2.24) is 10.2 Å². The molecule has 0 aromatic heterocycles. The lowest BCUT2D eigenvalue weighted by atomic mass is 9.99. The molecule has 1 amide bonds. The summed E-state index contributed by atoms with van der Waals surface area (Å²) in [5.74, 6) is -0.144. The van der Waals surface area contributed by atoms with Crippen LogP contribution in [0.2, 0.25) is 0 Å². The molecular weight excluding hydrogens is 269 g/mol. The Hall–Kier alpha value is -1.46. The van der Waals surface area contributed by atoms with Crippen molar-refractivity contribution in [3.63, 3.8) is 0 Å². The van der Waals surface area contributed by atoms with Crippen LogP contribution in [0.15, 0.2) is 24.3 Å². The standard InChI is InChI=1S/C16H26FN3O/c1-4-12(2)15(18)16(21)19-9-10-20(3)11-13-5-7-14(17)8-6-13/h5-8,12,15H,4,9-11,18H2,1-3H3,(H,19,21). The van der Waals surface area contributed by atoms with Gasteiger partial charge in [0.2, 0.25) is 5.91 Å². The van der Waals surface area contributed by atoms with Crippen LogP contribution in [-0.2, 0) is 11.3 Å². The molecule has 118 valence electrons. The lowest BCUT2D eigenvalue weighted by molar-refractivity contribution is -0.123. The quantitative estimate of drug-likeness (QED) is 0.768. The van der Waals surface area contributed by atoms with Crippen LogP contribution in [0.5, 0.6) is 0 Å². The van der Waals surface area contributed by atoms with Gasteiger partial charge in [-0.2, -0.15) is 0 Å². The van der Waals surface area contributed by atoms with Crippen LogP contribution in [0.3, 0.4) is 0 Å². The SMILES string of the molecule is CCC(C)C(N)C(=O)NCCN(C)Cc1ccc(F)cc1. The van der Waals surface area contributed by atoms with E-state index in [1.54, 1.807) is 12.1 Å². The van der Waals surface area contributed by atoms with E-state index in [-0.39, 0.29) is 17.6 Å². The van der Waals surface area contributed by atoms with Crippen LogP contribution >= 0.6 is 0 Å². The molecule has 0 spiro atoms. The first-order valence-electron chi connectivity index (χ1n) is 7.40. The zero-order chi connectivity index (χ0) is 15.8. The van der Waals surface area contributed by atoms with Gasteiger partial charge in [-0.15, -0.1) is 0 Å². The Morgan fingerprint density at radius 3 is 2.57 bits per heavy atom. The lowest BCUT2D eigenvalue weighted by Gasteiger charge is -2.20. The van der Waals surface area contributed by atoms with Crippen molar-refractivity contribution in [2.45, 2.75) is 32.9 Å². The summed E-state index contributed by atoms with van der Waals surface area (Å²) in [6, 6.07) is 6.00. The topological polar surface area (TPSA) is 58.4 Å². The molecule has 0 saturated carbocycles. The molecule has 4 nitrogen and oxygen atoms in total. The summed E-state index contributed by atoms with van der Waals surface area (Å²) in [5, 5.41) is 2.86. The molecule has 0 fully saturated rings. The van der Waals surface area contributed by atoms with Crippen molar-refractivity contribution in [2.75, 3.05) is 20.1 Å². The number of halogens is 1. The highest BCUT2D eigenvalue weighted by Gasteiger charge is 2.18. The van der Waals surface area contributed by atoms with Crippen LogP contribution in [0.1, 0.15) is 25.8 Å². The molecule has 2 unspecified atom stereocenters. The molecule has 3 N–H and O–H groups in total. The Kier molecular flexibility index (Phi) is 7.32. The number of nitrogens with one attached hydrogen (secondary N) is 1. The van der Waals surface area contributed by atoms with Crippen molar-refractivity contribution >= 4 is 5.91 Å². The molecule has 0 bridgehead atoms. The van der Waals surface area contributed by atoms with E-state index in [9.17, 15) is 9.18 Å². The summed E-state index contributed by atoms with van der Waals surface area (Å²) in [5.41, 5.74) is 6.91. The van der Waals surface area contributed by atoms with Crippen molar-refractivity contribution in [1.29, 1.82) is 0 Å². The minimum absolute atomic E-state index is 0.0977. The normalized spacial score (nSPS) is 14.0. The lowest BCUT2D eigenvalue weighted by Crippen LogP contribution is -2.46. The van der Waals surface area contributed by atoms with Crippen LogP contribution < -0.4 is 11.1 Å². The summed E-state index contributed by atoms with van der Waals surface area (Å²) in [7, 11) is 1.96. The number of carbonyl (C=O) groups excluding carboxylic acids is 1. The van der Waals surface area contributed by atoms with Crippen LogP contribution in [-0.4, -0.2) is 37.0 Å². The highest BCUT2D eigenvalue weighted by molar-refractivity contribution is 5.81. The highest BCUT2D eigenvalue weighted by Crippen LogP contribution is 2.06. The average Bonchev–Trinajstić information content (AvgIpc) is 2.47. The monoisotopic (exact) mass is 295 g/mol. The van der Waals surface area contributed by atoms with Crippen molar-refractivity contribution in [2.24, 2.45) is 11.7 Å². The first kappa shape index (κ1) is 17.6. The van der Waals surface area contributed by atoms with Crippen LogP contribution in [0.25, 0.3) is 0 Å². The number of carbonyl (C=O) groups is 1. The van der Waals surface area contributed by atoms with Gasteiger partial charge in [0.25, 0.3) is 0 Å². The smallest absolute Gasteiger partial charge is 0.237 e. The number of nitrogens with two attached hydrogens (primary N) is 1. The number of nitrogens with zero attached hydrogens (tertiary/aromatic N) is 1. The third-order valence-electron chi connectivity index (χ3n) is 3.72.